The molecule has 2 aliphatic rings. The van der Waals surface area contributed by atoms with Crippen molar-refractivity contribution < 1.29 is 28.3 Å². The number of hydrogen-bond acceptors (Lipinski definition) is 5. The second-order valence-electron chi connectivity index (χ2n) is 6.14. The third-order valence-corrected chi connectivity index (χ3v) is 4.36. The molecule has 1 aromatic rings. The highest BCUT2D eigenvalue weighted by Gasteiger charge is 2.47. The summed E-state index contributed by atoms with van der Waals surface area (Å²) in [5.74, 6) is -3.63. The highest BCUT2D eigenvalue weighted by atomic mass is 19.1. The Labute approximate surface area is 148 Å². The van der Waals surface area contributed by atoms with Gasteiger partial charge in [0.25, 0.3) is 5.91 Å². The maximum Gasteiger partial charge on any atom is 0.326 e. The molecular weight excluding hydrogens is 343 g/mol. The number of hydrogen-bond donors (Lipinski definition) is 1. The normalized spacial score (nSPS) is 21.5. The van der Waals surface area contributed by atoms with Crippen molar-refractivity contribution in [2.24, 2.45) is 11.8 Å². The van der Waals surface area contributed by atoms with Crippen molar-refractivity contribution in [2.45, 2.75) is 12.8 Å². The molecule has 8 heteroatoms. The number of imide groups is 1. The molecule has 1 fully saturated rings. The Balaban J connectivity index is 1.49. The van der Waals surface area contributed by atoms with E-state index in [-0.39, 0.29) is 17.5 Å². The van der Waals surface area contributed by atoms with Crippen molar-refractivity contribution in [2.75, 3.05) is 18.5 Å². The van der Waals surface area contributed by atoms with Crippen molar-refractivity contribution in [1.82, 2.24) is 4.90 Å². The first-order chi connectivity index (χ1) is 12.5. The molecule has 2 atom stereocenters. The van der Waals surface area contributed by atoms with E-state index in [2.05, 4.69) is 5.32 Å². The molecule has 1 heterocycles. The molecule has 1 aliphatic carbocycles. The number of nitrogens with one attached hydrogen (secondary N) is 1. The Bertz CT molecular complexity index is 766. The van der Waals surface area contributed by atoms with Crippen molar-refractivity contribution in [3.8, 4) is 0 Å². The number of esters is 1. The monoisotopic (exact) mass is 360 g/mol. The molecule has 0 bridgehead atoms. The van der Waals surface area contributed by atoms with Crippen molar-refractivity contribution in [3.05, 3.63) is 42.2 Å². The number of amides is 3. The fraction of sp³-hybridized carbons (Fsp3) is 0.333. The summed E-state index contributed by atoms with van der Waals surface area (Å²) in [6.45, 7) is -1.11. The predicted octanol–water partition coefficient (Wildman–Crippen LogP) is 1.26. The van der Waals surface area contributed by atoms with Gasteiger partial charge in [-0.15, -0.1) is 0 Å². The fourth-order valence-electron chi connectivity index (χ4n) is 3.11. The summed E-state index contributed by atoms with van der Waals surface area (Å²) in [6, 6.07) is 5.26. The minimum absolute atomic E-state index is 0.229. The highest BCUT2D eigenvalue weighted by molar-refractivity contribution is 6.07. The van der Waals surface area contributed by atoms with Crippen LogP contribution in [-0.4, -0.2) is 41.7 Å². The van der Waals surface area contributed by atoms with Gasteiger partial charge in [-0.25, -0.2) is 4.39 Å². The van der Waals surface area contributed by atoms with E-state index in [4.69, 9.17) is 4.74 Å². The lowest BCUT2D eigenvalue weighted by molar-refractivity contribution is -0.154. The van der Waals surface area contributed by atoms with Crippen LogP contribution in [0.25, 0.3) is 0 Å². The summed E-state index contributed by atoms with van der Waals surface area (Å²) >= 11 is 0. The molecule has 1 aromatic carbocycles. The van der Waals surface area contributed by atoms with Crippen LogP contribution in [0.5, 0.6) is 0 Å². The first-order valence-corrected chi connectivity index (χ1v) is 8.17. The van der Waals surface area contributed by atoms with Crippen LogP contribution in [0.3, 0.4) is 0 Å². The number of allylic oxidation sites excluding steroid dienone is 2. The molecule has 0 unspecified atom stereocenters. The minimum atomic E-state index is -0.854. The quantitative estimate of drug-likeness (QED) is 0.485. The molecule has 1 aliphatic heterocycles. The van der Waals surface area contributed by atoms with Gasteiger partial charge >= 0.3 is 5.97 Å². The van der Waals surface area contributed by atoms with Gasteiger partial charge in [0.15, 0.2) is 6.61 Å². The number of carbonyl (C=O) groups excluding carboxylic acids is 4. The molecular formula is C18H17FN2O5. The molecule has 26 heavy (non-hydrogen) atoms. The molecule has 1 saturated heterocycles. The van der Waals surface area contributed by atoms with Gasteiger partial charge in [0.2, 0.25) is 11.8 Å². The van der Waals surface area contributed by atoms with Gasteiger partial charge < -0.3 is 10.1 Å². The smallest absolute Gasteiger partial charge is 0.326 e. The minimum Gasteiger partial charge on any atom is -0.454 e. The molecule has 0 radical (unpaired) electrons. The van der Waals surface area contributed by atoms with Crippen LogP contribution in [0.1, 0.15) is 12.8 Å². The number of anilines is 1. The van der Waals surface area contributed by atoms with Crippen molar-refractivity contribution in [3.63, 3.8) is 0 Å². The topological polar surface area (TPSA) is 92.8 Å². The Morgan fingerprint density at radius 1 is 1.15 bits per heavy atom. The van der Waals surface area contributed by atoms with Crippen LogP contribution in [-0.2, 0) is 23.9 Å². The second-order valence-corrected chi connectivity index (χ2v) is 6.14. The average Bonchev–Trinajstić information content (AvgIpc) is 2.85. The first-order valence-electron chi connectivity index (χ1n) is 8.17. The molecule has 1 N–H and O–H groups in total. The number of fused-ring (bicyclic) bond motifs is 1. The summed E-state index contributed by atoms with van der Waals surface area (Å²) in [4.78, 5) is 49.0. The van der Waals surface area contributed by atoms with E-state index in [1.807, 2.05) is 12.2 Å². The number of nitrogens with zero attached hydrogens (tertiary/aromatic N) is 1. The lowest BCUT2D eigenvalue weighted by Gasteiger charge is -2.14. The number of likely N-dealkylation sites (tertiary alicyclic amines) is 1. The van der Waals surface area contributed by atoms with Crippen LogP contribution in [0.2, 0.25) is 0 Å². The number of halogens is 1. The highest BCUT2D eigenvalue weighted by Crippen LogP contribution is 2.34. The van der Waals surface area contributed by atoms with Gasteiger partial charge in [-0.2, -0.15) is 0 Å². The largest absolute Gasteiger partial charge is 0.454 e. The fourth-order valence-corrected chi connectivity index (χ4v) is 3.11. The summed E-state index contributed by atoms with van der Waals surface area (Å²) in [5, 5.41) is 2.38. The van der Waals surface area contributed by atoms with E-state index in [1.165, 1.54) is 18.2 Å². The van der Waals surface area contributed by atoms with Crippen molar-refractivity contribution in [1.29, 1.82) is 0 Å². The third kappa shape index (κ3) is 3.79. The Hall–Kier alpha value is -3.03. The lowest BCUT2D eigenvalue weighted by Crippen LogP contribution is -2.37. The van der Waals surface area contributed by atoms with Gasteiger partial charge in [-0.3, -0.25) is 24.1 Å². The molecule has 0 aromatic heterocycles. The zero-order valence-electron chi connectivity index (χ0n) is 13.8. The average molecular weight is 360 g/mol. The summed E-state index contributed by atoms with van der Waals surface area (Å²) in [7, 11) is 0. The molecule has 136 valence electrons. The number of rotatable bonds is 5. The maximum atomic E-state index is 13.0. The summed E-state index contributed by atoms with van der Waals surface area (Å²) < 4.78 is 17.9. The molecule has 0 spiro atoms. The van der Waals surface area contributed by atoms with Crippen LogP contribution in [0.4, 0.5) is 10.1 Å². The van der Waals surface area contributed by atoms with E-state index in [9.17, 15) is 23.6 Å². The van der Waals surface area contributed by atoms with E-state index >= 15 is 0 Å². The van der Waals surface area contributed by atoms with Gasteiger partial charge in [0.1, 0.15) is 12.4 Å². The Morgan fingerprint density at radius 2 is 1.81 bits per heavy atom. The molecule has 0 saturated carbocycles. The Kier molecular flexibility index (Phi) is 5.11. The van der Waals surface area contributed by atoms with Crippen LogP contribution < -0.4 is 5.32 Å². The summed E-state index contributed by atoms with van der Waals surface area (Å²) in [5.41, 5.74) is 0.229. The van der Waals surface area contributed by atoms with Crippen LogP contribution in [0, 0.1) is 17.7 Å². The standard InChI is InChI=1S/C18H17FN2O5/c19-11-4-3-5-12(8-11)20-15(22)10-26-16(23)9-21-17(24)13-6-1-2-7-14(13)18(21)25/h1-5,8,13-14H,6-7,9-10H2,(H,20,22)/t13-,14-/m1/s1. The maximum absolute atomic E-state index is 13.0. The number of ether oxygens (including phenoxy) is 1. The number of carbonyl (C=O) groups is 4. The third-order valence-electron chi connectivity index (χ3n) is 4.36. The molecule has 3 rings (SSSR count). The van der Waals surface area contributed by atoms with Crippen LogP contribution >= 0.6 is 0 Å². The zero-order valence-corrected chi connectivity index (χ0v) is 13.8. The van der Waals surface area contributed by atoms with Gasteiger partial charge in [-0.05, 0) is 31.0 Å². The Morgan fingerprint density at radius 3 is 2.42 bits per heavy atom. The zero-order chi connectivity index (χ0) is 18.7. The predicted molar refractivity (Wildman–Crippen MR) is 88.1 cm³/mol. The van der Waals surface area contributed by atoms with E-state index in [0.29, 0.717) is 12.8 Å². The van der Waals surface area contributed by atoms with Gasteiger partial charge in [0, 0.05) is 5.69 Å². The molecule has 7 nitrogen and oxygen atoms in total. The lowest BCUT2D eigenvalue weighted by atomic mass is 9.85. The van der Waals surface area contributed by atoms with E-state index in [0.717, 1.165) is 11.0 Å². The second kappa shape index (κ2) is 7.47. The van der Waals surface area contributed by atoms with Crippen LogP contribution in [0.15, 0.2) is 36.4 Å². The first kappa shape index (κ1) is 17.8. The van der Waals surface area contributed by atoms with Gasteiger partial charge in [-0.1, -0.05) is 18.2 Å². The molecule has 3 amide bonds. The van der Waals surface area contributed by atoms with Crippen molar-refractivity contribution >= 4 is 29.4 Å². The SMILES string of the molecule is O=C(COC(=O)CN1C(=O)[C@@H]2CC=CC[C@H]2C1=O)Nc1cccc(F)c1. The van der Waals surface area contributed by atoms with E-state index in [1.54, 1.807) is 0 Å². The van der Waals surface area contributed by atoms with E-state index < -0.39 is 42.7 Å². The summed E-state index contributed by atoms with van der Waals surface area (Å²) in [6.07, 6.45) is 4.67. The number of benzene rings is 1. The van der Waals surface area contributed by atoms with Gasteiger partial charge in [0.05, 0.1) is 11.8 Å².